The van der Waals surface area contributed by atoms with Crippen molar-refractivity contribution in [1.29, 1.82) is 0 Å². The number of aromatic nitrogens is 6. The number of Topliss-reactive ketones (excluding diaryl/α,β-unsaturated/α-hetero) is 1. The summed E-state index contributed by atoms with van der Waals surface area (Å²) in [6.07, 6.45) is 3.33. The number of amides is 2. The van der Waals surface area contributed by atoms with Crippen molar-refractivity contribution in [2.75, 3.05) is 18.5 Å². The lowest BCUT2D eigenvalue weighted by Crippen LogP contribution is -2.44. The highest BCUT2D eigenvalue weighted by molar-refractivity contribution is 6.06. The summed E-state index contributed by atoms with van der Waals surface area (Å²) in [6, 6.07) is 5.80. The average molecular weight is 537 g/mol. The number of hydrogen-bond donors (Lipinski definition) is 1. The maximum Gasteiger partial charge on any atom is 0.248 e. The number of alkyl halides is 2. The predicted molar refractivity (Wildman–Crippen MR) is 137 cm³/mol. The second-order valence-electron chi connectivity index (χ2n) is 9.35. The van der Waals surface area contributed by atoms with Gasteiger partial charge in [0.2, 0.25) is 11.8 Å². The number of nitrogens with zero attached hydrogens (tertiary/aromatic N) is 7. The first-order valence-electron chi connectivity index (χ1n) is 12.4. The van der Waals surface area contributed by atoms with E-state index in [-0.39, 0.29) is 43.4 Å². The molecule has 0 radical (unpaired) electrons. The van der Waals surface area contributed by atoms with E-state index in [1.54, 1.807) is 31.5 Å². The number of aryl methyl sites for hydroxylation is 2. The highest BCUT2D eigenvalue weighted by atomic mass is 19.1. The van der Waals surface area contributed by atoms with Crippen LogP contribution in [0.3, 0.4) is 0 Å². The fraction of sp³-hybridized carbons (Fsp3) is 0.346. The SMILES string of the molecule is CC(=O)c1nn(CC(=O)N2C[C@H](F)C[C@H]2C(=O)Nc2ccn(CCF)n2)c2ccc(-c3cnc(C)nc3)cc12. The molecule has 1 aromatic carbocycles. The number of anilines is 1. The van der Waals surface area contributed by atoms with Crippen LogP contribution in [0.5, 0.6) is 0 Å². The van der Waals surface area contributed by atoms with E-state index in [4.69, 9.17) is 0 Å². The van der Waals surface area contributed by atoms with Crippen molar-refractivity contribution in [1.82, 2.24) is 34.4 Å². The van der Waals surface area contributed by atoms with Crippen molar-refractivity contribution < 1.29 is 23.2 Å². The van der Waals surface area contributed by atoms with Gasteiger partial charge in [0.05, 0.1) is 18.6 Å². The van der Waals surface area contributed by atoms with E-state index in [0.29, 0.717) is 16.7 Å². The quantitative estimate of drug-likeness (QED) is 0.343. The molecule has 3 aromatic heterocycles. The Morgan fingerprint density at radius 2 is 1.87 bits per heavy atom. The standard InChI is InChI=1S/C26H26F2N8O3/c1-15(37)25-20-9-17(18-11-29-16(2)30-12-18)3-4-21(20)36(33-25)14-24(38)35-13-19(28)10-22(35)26(39)31-23-5-7-34(32-23)8-6-27/h3-5,7,9,11-12,19,22H,6,8,10,13-14H2,1-2H3,(H,31,32,39)/t19-,22+/m1/s1. The minimum Gasteiger partial charge on any atom is -0.326 e. The lowest BCUT2D eigenvalue weighted by atomic mass is 10.0. The largest absolute Gasteiger partial charge is 0.326 e. The minimum atomic E-state index is -1.38. The number of nitrogens with one attached hydrogen (secondary N) is 1. The first-order chi connectivity index (χ1) is 18.7. The highest BCUT2D eigenvalue weighted by Gasteiger charge is 2.40. The molecular formula is C26H26F2N8O3. The molecular weight excluding hydrogens is 510 g/mol. The molecule has 202 valence electrons. The summed E-state index contributed by atoms with van der Waals surface area (Å²) in [6.45, 7) is 2.06. The molecule has 0 bridgehead atoms. The van der Waals surface area contributed by atoms with E-state index < -0.39 is 30.7 Å². The van der Waals surface area contributed by atoms with Crippen LogP contribution in [-0.4, -0.2) is 77.5 Å². The molecule has 13 heteroatoms. The zero-order valence-electron chi connectivity index (χ0n) is 21.3. The zero-order valence-corrected chi connectivity index (χ0v) is 21.3. The Morgan fingerprint density at radius 3 is 2.59 bits per heavy atom. The van der Waals surface area contributed by atoms with Gasteiger partial charge in [-0.2, -0.15) is 10.2 Å². The fourth-order valence-electron chi connectivity index (χ4n) is 4.66. The van der Waals surface area contributed by atoms with E-state index in [0.717, 1.165) is 11.1 Å². The second kappa shape index (κ2) is 10.7. The van der Waals surface area contributed by atoms with Crippen molar-refractivity contribution in [3.8, 4) is 11.1 Å². The summed E-state index contributed by atoms with van der Waals surface area (Å²) in [4.78, 5) is 48.2. The molecule has 2 atom stereocenters. The van der Waals surface area contributed by atoms with Gasteiger partial charge in [-0.3, -0.25) is 23.7 Å². The molecule has 0 spiro atoms. The van der Waals surface area contributed by atoms with Crippen molar-refractivity contribution in [3.05, 3.63) is 54.4 Å². The van der Waals surface area contributed by atoms with Gasteiger partial charge in [-0.1, -0.05) is 6.07 Å². The van der Waals surface area contributed by atoms with Gasteiger partial charge in [0.25, 0.3) is 0 Å². The number of rotatable bonds is 8. The molecule has 1 saturated heterocycles. The summed E-state index contributed by atoms with van der Waals surface area (Å²) in [7, 11) is 0. The monoisotopic (exact) mass is 536 g/mol. The molecule has 0 saturated carbocycles. The zero-order chi connectivity index (χ0) is 27.7. The van der Waals surface area contributed by atoms with Crippen LogP contribution >= 0.6 is 0 Å². The van der Waals surface area contributed by atoms with Gasteiger partial charge in [-0.25, -0.2) is 18.7 Å². The molecule has 2 amide bonds. The van der Waals surface area contributed by atoms with Crippen LogP contribution in [0.1, 0.15) is 29.7 Å². The smallest absolute Gasteiger partial charge is 0.248 e. The minimum absolute atomic E-state index is 0.0385. The molecule has 1 aliphatic rings. The summed E-state index contributed by atoms with van der Waals surface area (Å²) < 4.78 is 29.7. The molecule has 0 unspecified atom stereocenters. The number of ketones is 1. The van der Waals surface area contributed by atoms with E-state index in [9.17, 15) is 23.2 Å². The molecule has 39 heavy (non-hydrogen) atoms. The topological polar surface area (TPSA) is 128 Å². The van der Waals surface area contributed by atoms with Crippen LogP contribution in [-0.2, 0) is 22.7 Å². The van der Waals surface area contributed by atoms with E-state index in [2.05, 4.69) is 25.5 Å². The van der Waals surface area contributed by atoms with E-state index in [1.165, 1.54) is 33.5 Å². The Bertz CT molecular complexity index is 1550. The third-order valence-corrected chi connectivity index (χ3v) is 6.56. The number of carbonyl (C=O) groups excluding carboxylic acids is 3. The first kappa shape index (κ1) is 26.1. The van der Waals surface area contributed by atoms with Gasteiger partial charge in [-0.05, 0) is 24.6 Å². The maximum absolute atomic E-state index is 14.4. The van der Waals surface area contributed by atoms with Gasteiger partial charge in [0.1, 0.15) is 37.0 Å². The lowest BCUT2D eigenvalue weighted by molar-refractivity contribution is -0.137. The van der Waals surface area contributed by atoms with Crippen molar-refractivity contribution in [2.45, 2.75) is 45.6 Å². The van der Waals surface area contributed by atoms with Crippen LogP contribution in [0.4, 0.5) is 14.6 Å². The highest BCUT2D eigenvalue weighted by Crippen LogP contribution is 2.28. The average Bonchev–Trinajstić information content (AvgIpc) is 3.62. The Morgan fingerprint density at radius 1 is 1.10 bits per heavy atom. The van der Waals surface area contributed by atoms with Crippen LogP contribution < -0.4 is 5.32 Å². The number of carbonyl (C=O) groups is 3. The Hall–Kier alpha value is -4.55. The lowest BCUT2D eigenvalue weighted by Gasteiger charge is -2.23. The number of hydrogen-bond acceptors (Lipinski definition) is 7. The summed E-state index contributed by atoms with van der Waals surface area (Å²) in [5.41, 5.74) is 2.27. The second-order valence-corrected chi connectivity index (χ2v) is 9.35. The van der Waals surface area contributed by atoms with E-state index in [1.807, 2.05) is 6.07 Å². The Balaban J connectivity index is 1.38. The predicted octanol–water partition coefficient (Wildman–Crippen LogP) is 2.75. The van der Waals surface area contributed by atoms with Gasteiger partial charge >= 0.3 is 0 Å². The van der Waals surface area contributed by atoms with Gasteiger partial charge in [0.15, 0.2) is 11.6 Å². The molecule has 1 aliphatic heterocycles. The fourth-order valence-corrected chi connectivity index (χ4v) is 4.66. The van der Waals surface area contributed by atoms with Gasteiger partial charge in [-0.15, -0.1) is 0 Å². The number of benzene rings is 1. The molecule has 0 aliphatic carbocycles. The Labute approximate surface area is 221 Å². The normalized spacial score (nSPS) is 17.1. The van der Waals surface area contributed by atoms with Crippen LogP contribution in [0.15, 0.2) is 42.9 Å². The third-order valence-electron chi connectivity index (χ3n) is 6.56. The number of halogens is 2. The third kappa shape index (κ3) is 5.38. The van der Waals surface area contributed by atoms with Crippen molar-refractivity contribution >= 4 is 34.3 Å². The molecule has 1 N–H and O–H groups in total. The van der Waals surface area contributed by atoms with Gasteiger partial charge < -0.3 is 10.2 Å². The molecule has 4 heterocycles. The van der Waals surface area contributed by atoms with E-state index >= 15 is 0 Å². The van der Waals surface area contributed by atoms with Crippen LogP contribution in [0, 0.1) is 6.92 Å². The molecule has 4 aromatic rings. The van der Waals surface area contributed by atoms with Crippen molar-refractivity contribution in [2.24, 2.45) is 0 Å². The summed E-state index contributed by atoms with van der Waals surface area (Å²) in [5, 5.41) is 11.6. The maximum atomic E-state index is 14.4. The Kier molecular flexibility index (Phi) is 7.13. The van der Waals surface area contributed by atoms with Crippen molar-refractivity contribution in [3.63, 3.8) is 0 Å². The molecule has 11 nitrogen and oxygen atoms in total. The van der Waals surface area contributed by atoms with Crippen LogP contribution in [0.25, 0.3) is 22.0 Å². The van der Waals surface area contributed by atoms with Crippen LogP contribution in [0.2, 0.25) is 0 Å². The number of fused-ring (bicyclic) bond motifs is 1. The number of likely N-dealkylation sites (tertiary alicyclic amines) is 1. The van der Waals surface area contributed by atoms with Gasteiger partial charge in [0, 0.05) is 49.0 Å². The first-order valence-corrected chi connectivity index (χ1v) is 12.4. The molecule has 1 fully saturated rings. The molecule has 5 rings (SSSR count). The summed E-state index contributed by atoms with van der Waals surface area (Å²) in [5.74, 6) is -0.575. The summed E-state index contributed by atoms with van der Waals surface area (Å²) >= 11 is 0.